The van der Waals surface area contributed by atoms with Gasteiger partial charge in [0.15, 0.2) is 0 Å². The summed E-state index contributed by atoms with van der Waals surface area (Å²) in [5.74, 6) is 2.63. The van der Waals surface area contributed by atoms with Crippen molar-refractivity contribution in [3.8, 4) is 0 Å². The van der Waals surface area contributed by atoms with Crippen molar-refractivity contribution >= 4 is 5.69 Å². The van der Waals surface area contributed by atoms with E-state index < -0.39 is 0 Å². The molecule has 5 aliphatic rings. The highest BCUT2D eigenvalue weighted by atomic mass is 15.5. The third-order valence-corrected chi connectivity index (χ3v) is 10.2. The molecule has 1 saturated heterocycles. The number of hydrogen-bond donors (Lipinski definition) is 0. The van der Waals surface area contributed by atoms with Crippen molar-refractivity contribution in [3.05, 3.63) is 42.1 Å². The Kier molecular flexibility index (Phi) is 5.11. The van der Waals surface area contributed by atoms with Crippen molar-refractivity contribution in [3.63, 3.8) is 0 Å². The van der Waals surface area contributed by atoms with E-state index in [1.807, 2.05) is 0 Å². The second-order valence-corrected chi connectivity index (χ2v) is 11.6. The fourth-order valence-electron chi connectivity index (χ4n) is 9.00. The summed E-state index contributed by atoms with van der Waals surface area (Å²) in [7, 11) is 0. The molecule has 0 N–H and O–H groups in total. The third-order valence-electron chi connectivity index (χ3n) is 10.2. The van der Waals surface area contributed by atoms with E-state index in [1.54, 1.807) is 0 Å². The molecule has 3 aliphatic carbocycles. The quantitative estimate of drug-likeness (QED) is 0.507. The van der Waals surface area contributed by atoms with Gasteiger partial charge in [0.05, 0.1) is 6.04 Å². The second-order valence-electron chi connectivity index (χ2n) is 11.6. The van der Waals surface area contributed by atoms with Gasteiger partial charge in [0.1, 0.15) is 6.17 Å². The number of para-hydroxylation sites is 1. The molecule has 1 aromatic rings. The fraction of sp³-hybridized carbons (Fsp3) is 0.724. The lowest BCUT2D eigenvalue weighted by Gasteiger charge is -2.47. The molecule has 2 nitrogen and oxygen atoms in total. The first-order valence-corrected chi connectivity index (χ1v) is 13.5. The van der Waals surface area contributed by atoms with E-state index in [-0.39, 0.29) is 0 Å². The van der Waals surface area contributed by atoms with Gasteiger partial charge >= 0.3 is 0 Å². The number of fused-ring (bicyclic) bond motifs is 1. The van der Waals surface area contributed by atoms with Gasteiger partial charge in [-0.25, -0.2) is 0 Å². The number of anilines is 1. The molecule has 2 aliphatic heterocycles. The number of rotatable bonds is 4. The molecule has 3 saturated carbocycles. The smallest absolute Gasteiger partial charge is 0.105 e. The highest BCUT2D eigenvalue weighted by Gasteiger charge is 2.62. The van der Waals surface area contributed by atoms with Crippen LogP contribution in [-0.2, 0) is 0 Å². The lowest BCUT2D eigenvalue weighted by molar-refractivity contribution is 0.0488. The monoisotopic (exact) mass is 418 g/mol. The first kappa shape index (κ1) is 20.2. The van der Waals surface area contributed by atoms with Gasteiger partial charge in [-0.2, -0.15) is 0 Å². The Morgan fingerprint density at radius 2 is 1.39 bits per heavy atom. The lowest BCUT2D eigenvalue weighted by Crippen LogP contribution is -2.51. The Labute approximate surface area is 190 Å². The minimum atomic E-state index is 0.417. The van der Waals surface area contributed by atoms with Crippen LogP contribution < -0.4 is 4.90 Å². The van der Waals surface area contributed by atoms with E-state index in [4.69, 9.17) is 0 Å². The number of aryl methyl sites for hydroxylation is 1. The fourth-order valence-corrected chi connectivity index (χ4v) is 9.00. The van der Waals surface area contributed by atoms with Crippen molar-refractivity contribution in [2.45, 2.75) is 109 Å². The van der Waals surface area contributed by atoms with Gasteiger partial charge in [0.2, 0.25) is 0 Å². The van der Waals surface area contributed by atoms with Gasteiger partial charge in [-0.3, -0.25) is 0 Å². The summed E-state index contributed by atoms with van der Waals surface area (Å²) >= 11 is 0. The second kappa shape index (κ2) is 7.85. The standard InChI is InChI=1S/C29H42N2/c1-21-11-3-10-18-26(21)31-22(2)27-29(24-14-6-7-15-24,25-16-8-9-17-25)19-20-30(27)28(31)23-12-4-5-13-23/h3,10-11,18-20,22-25,27-28H,4-9,12-17H2,1-2H3/t22-,27?,28?/m0/s1. The Hall–Kier alpha value is -1.44. The molecule has 2 heterocycles. The number of nitrogens with zero attached hydrogens (tertiary/aromatic N) is 2. The van der Waals surface area contributed by atoms with E-state index in [2.05, 4.69) is 60.2 Å². The van der Waals surface area contributed by atoms with Crippen LogP contribution in [0.4, 0.5) is 5.69 Å². The predicted molar refractivity (Wildman–Crippen MR) is 130 cm³/mol. The van der Waals surface area contributed by atoms with Crippen molar-refractivity contribution in [2.75, 3.05) is 4.90 Å². The zero-order valence-electron chi connectivity index (χ0n) is 19.8. The number of benzene rings is 1. The van der Waals surface area contributed by atoms with Crippen molar-refractivity contribution in [2.24, 2.45) is 23.2 Å². The molecule has 0 amide bonds. The zero-order valence-corrected chi connectivity index (χ0v) is 19.8. The summed E-state index contributed by atoms with van der Waals surface area (Å²) in [5.41, 5.74) is 3.37. The first-order valence-electron chi connectivity index (χ1n) is 13.5. The van der Waals surface area contributed by atoms with Crippen LogP contribution in [0.5, 0.6) is 0 Å². The summed E-state index contributed by atoms with van der Waals surface area (Å²) in [6, 6.07) is 10.5. The highest BCUT2D eigenvalue weighted by molar-refractivity contribution is 5.57. The Bertz CT molecular complexity index is 794. The van der Waals surface area contributed by atoms with E-state index in [9.17, 15) is 0 Å². The molecule has 0 bridgehead atoms. The average molecular weight is 419 g/mol. The minimum Gasteiger partial charge on any atom is -0.352 e. The highest BCUT2D eigenvalue weighted by Crippen LogP contribution is 2.61. The van der Waals surface area contributed by atoms with Gasteiger partial charge in [-0.15, -0.1) is 0 Å². The molecule has 3 atom stereocenters. The molecule has 2 heteroatoms. The Morgan fingerprint density at radius 3 is 2.00 bits per heavy atom. The van der Waals surface area contributed by atoms with Gasteiger partial charge in [-0.05, 0) is 88.0 Å². The van der Waals surface area contributed by atoms with Gasteiger partial charge in [-0.1, -0.05) is 62.8 Å². The Morgan fingerprint density at radius 1 is 0.806 bits per heavy atom. The first-order chi connectivity index (χ1) is 15.2. The summed E-state index contributed by atoms with van der Waals surface area (Å²) in [6.45, 7) is 4.92. The lowest BCUT2D eigenvalue weighted by atomic mass is 9.60. The molecule has 31 heavy (non-hydrogen) atoms. The molecule has 2 unspecified atom stereocenters. The van der Waals surface area contributed by atoms with Gasteiger partial charge in [0, 0.05) is 17.1 Å². The SMILES string of the molecule is Cc1ccccc1N1C(C2CCCC2)N2C=CC(C3CCCC3)(C3CCCC3)C2[C@@H]1C. The molecule has 4 fully saturated rings. The number of hydrogen-bond acceptors (Lipinski definition) is 2. The van der Waals surface area contributed by atoms with Crippen LogP contribution in [0.25, 0.3) is 0 Å². The molecule has 6 rings (SSSR count). The van der Waals surface area contributed by atoms with Gasteiger partial charge < -0.3 is 9.80 Å². The normalized spacial score (nSPS) is 33.8. The molecule has 0 spiro atoms. The maximum absolute atomic E-state index is 2.92. The van der Waals surface area contributed by atoms with E-state index in [0.717, 1.165) is 17.8 Å². The average Bonchev–Trinajstić information content (AvgIpc) is 3.58. The maximum atomic E-state index is 2.92. The summed E-state index contributed by atoms with van der Waals surface area (Å²) in [4.78, 5) is 5.82. The van der Waals surface area contributed by atoms with Crippen LogP contribution >= 0.6 is 0 Å². The molecule has 1 aromatic carbocycles. The van der Waals surface area contributed by atoms with Crippen LogP contribution in [0.15, 0.2) is 36.5 Å². The van der Waals surface area contributed by atoms with Crippen molar-refractivity contribution < 1.29 is 0 Å². The summed E-state index contributed by atoms with van der Waals surface area (Å²) in [6.07, 6.45) is 23.4. The minimum absolute atomic E-state index is 0.417. The molecule has 0 radical (unpaired) electrons. The van der Waals surface area contributed by atoms with Crippen LogP contribution in [0.3, 0.4) is 0 Å². The van der Waals surface area contributed by atoms with Crippen LogP contribution in [0.2, 0.25) is 0 Å². The zero-order chi connectivity index (χ0) is 21.0. The topological polar surface area (TPSA) is 6.48 Å². The Balaban J connectivity index is 1.46. The van der Waals surface area contributed by atoms with Crippen LogP contribution in [-0.4, -0.2) is 23.1 Å². The predicted octanol–water partition coefficient (Wildman–Crippen LogP) is 7.28. The van der Waals surface area contributed by atoms with E-state index in [0.29, 0.717) is 23.7 Å². The maximum Gasteiger partial charge on any atom is 0.105 e. The molecular weight excluding hydrogens is 376 g/mol. The van der Waals surface area contributed by atoms with E-state index >= 15 is 0 Å². The third kappa shape index (κ3) is 2.96. The van der Waals surface area contributed by atoms with Crippen LogP contribution in [0.1, 0.15) is 89.5 Å². The molecule has 168 valence electrons. The van der Waals surface area contributed by atoms with Crippen molar-refractivity contribution in [1.82, 2.24) is 4.90 Å². The molecular formula is C29H42N2. The van der Waals surface area contributed by atoms with Crippen LogP contribution in [0, 0.1) is 30.1 Å². The molecule has 0 aromatic heterocycles. The van der Waals surface area contributed by atoms with E-state index in [1.165, 1.54) is 88.3 Å². The summed E-state index contributed by atoms with van der Waals surface area (Å²) < 4.78 is 0. The van der Waals surface area contributed by atoms with Crippen molar-refractivity contribution in [1.29, 1.82) is 0 Å². The largest absolute Gasteiger partial charge is 0.352 e. The van der Waals surface area contributed by atoms with Gasteiger partial charge in [0.25, 0.3) is 0 Å². The summed E-state index contributed by atoms with van der Waals surface area (Å²) in [5, 5.41) is 0.